The second-order valence-electron chi connectivity index (χ2n) is 7.00. The molecule has 2 fully saturated rings. The van der Waals surface area contributed by atoms with Gasteiger partial charge in [0, 0.05) is 31.7 Å². The lowest BCUT2D eigenvalue weighted by molar-refractivity contribution is -0.0599. The van der Waals surface area contributed by atoms with E-state index in [-0.39, 0.29) is 5.91 Å². The van der Waals surface area contributed by atoms with Crippen LogP contribution in [0.1, 0.15) is 41.6 Å². The van der Waals surface area contributed by atoms with Gasteiger partial charge in [-0.3, -0.25) is 4.79 Å². The summed E-state index contributed by atoms with van der Waals surface area (Å²) in [5.74, 6) is 0.159. The fourth-order valence-corrected chi connectivity index (χ4v) is 3.55. The van der Waals surface area contributed by atoms with Gasteiger partial charge in [-0.15, -0.1) is 0 Å². The zero-order chi connectivity index (χ0) is 16.2. The molecule has 1 aromatic carbocycles. The van der Waals surface area contributed by atoms with Gasteiger partial charge < -0.3 is 14.5 Å². The molecule has 2 saturated heterocycles. The molecule has 1 aromatic rings. The maximum atomic E-state index is 12.6. The molecule has 0 bridgehead atoms. The van der Waals surface area contributed by atoms with E-state index in [1.54, 1.807) is 0 Å². The molecule has 23 heavy (non-hydrogen) atoms. The molecule has 0 aliphatic carbocycles. The Kier molecular flexibility index (Phi) is 5.34. The summed E-state index contributed by atoms with van der Waals surface area (Å²) in [4.78, 5) is 16.9. The highest BCUT2D eigenvalue weighted by Gasteiger charge is 2.27. The van der Waals surface area contributed by atoms with E-state index in [0.29, 0.717) is 12.2 Å². The molecule has 2 heterocycles. The van der Waals surface area contributed by atoms with Crippen LogP contribution in [0.3, 0.4) is 0 Å². The van der Waals surface area contributed by atoms with Gasteiger partial charge in [-0.1, -0.05) is 17.7 Å². The van der Waals surface area contributed by atoms with Crippen LogP contribution in [0.2, 0.25) is 0 Å². The molecule has 3 rings (SSSR count). The normalized spacial score (nSPS) is 21.6. The second-order valence-corrected chi connectivity index (χ2v) is 7.00. The van der Waals surface area contributed by atoms with Crippen LogP contribution in [0, 0.1) is 6.92 Å². The molecule has 0 unspecified atom stereocenters. The number of carbonyl (C=O) groups is 1. The lowest BCUT2D eigenvalue weighted by atomic mass is 10.0. The van der Waals surface area contributed by atoms with Crippen LogP contribution >= 0.6 is 0 Å². The lowest BCUT2D eigenvalue weighted by Gasteiger charge is -2.36. The first-order valence-corrected chi connectivity index (χ1v) is 8.82. The predicted octanol–water partition coefficient (Wildman–Crippen LogP) is 2.71. The molecule has 0 aromatic heterocycles. The van der Waals surface area contributed by atoms with Crippen LogP contribution in [0.25, 0.3) is 0 Å². The molecule has 4 heteroatoms. The first kappa shape index (κ1) is 16.5. The van der Waals surface area contributed by atoms with Crippen molar-refractivity contribution in [2.24, 2.45) is 0 Å². The summed E-state index contributed by atoms with van der Waals surface area (Å²) in [5, 5.41) is 0. The van der Waals surface area contributed by atoms with Crippen molar-refractivity contribution in [3.05, 3.63) is 35.4 Å². The summed E-state index contributed by atoms with van der Waals surface area (Å²) in [6.07, 6.45) is 4.94. The largest absolute Gasteiger partial charge is 0.375 e. The predicted molar refractivity (Wildman–Crippen MR) is 91.7 cm³/mol. The van der Waals surface area contributed by atoms with Crippen molar-refractivity contribution < 1.29 is 9.53 Å². The van der Waals surface area contributed by atoms with Gasteiger partial charge in [0.15, 0.2) is 0 Å². The van der Waals surface area contributed by atoms with Gasteiger partial charge in [-0.05, 0) is 51.8 Å². The molecule has 0 atom stereocenters. The Balaban J connectivity index is 1.47. The first-order chi connectivity index (χ1) is 11.1. The van der Waals surface area contributed by atoms with Gasteiger partial charge in [0.2, 0.25) is 0 Å². The Bertz CT molecular complexity index is 530. The number of carbonyl (C=O) groups excluding carboxylic acids is 1. The average Bonchev–Trinajstić information content (AvgIpc) is 2.57. The van der Waals surface area contributed by atoms with Crippen molar-refractivity contribution in [2.75, 3.05) is 33.2 Å². The molecule has 2 aliphatic rings. The number of hydrogen-bond acceptors (Lipinski definition) is 3. The van der Waals surface area contributed by atoms with Crippen molar-refractivity contribution in [3.8, 4) is 0 Å². The lowest BCUT2D eigenvalue weighted by Crippen LogP contribution is -2.43. The highest BCUT2D eigenvalue weighted by Crippen LogP contribution is 2.21. The number of rotatable bonds is 3. The Hall–Kier alpha value is -1.39. The maximum absolute atomic E-state index is 12.6. The third-order valence-corrected chi connectivity index (χ3v) is 5.04. The van der Waals surface area contributed by atoms with Gasteiger partial charge in [0.1, 0.15) is 0 Å². The number of amides is 1. The van der Waals surface area contributed by atoms with Crippen molar-refractivity contribution in [3.63, 3.8) is 0 Å². The van der Waals surface area contributed by atoms with Gasteiger partial charge in [-0.25, -0.2) is 0 Å². The molecule has 0 N–H and O–H groups in total. The summed E-state index contributed by atoms with van der Waals surface area (Å²) in [6, 6.07) is 7.87. The third-order valence-electron chi connectivity index (χ3n) is 5.04. The topological polar surface area (TPSA) is 32.8 Å². The SMILES string of the molecule is Cc1cccc(C(=O)N2CCC(OC3CCN(C)CC3)CC2)c1. The second kappa shape index (κ2) is 7.45. The average molecular weight is 316 g/mol. The van der Waals surface area contributed by atoms with E-state index in [0.717, 1.165) is 63.0 Å². The van der Waals surface area contributed by atoms with E-state index >= 15 is 0 Å². The highest BCUT2D eigenvalue weighted by atomic mass is 16.5. The van der Waals surface area contributed by atoms with Crippen LogP contribution in [-0.4, -0.2) is 61.1 Å². The quantitative estimate of drug-likeness (QED) is 0.859. The zero-order valence-corrected chi connectivity index (χ0v) is 14.3. The first-order valence-electron chi connectivity index (χ1n) is 8.82. The molecule has 0 radical (unpaired) electrons. The maximum Gasteiger partial charge on any atom is 0.253 e. The van der Waals surface area contributed by atoms with Crippen molar-refractivity contribution >= 4 is 5.91 Å². The molecular formula is C19H28N2O2. The van der Waals surface area contributed by atoms with E-state index in [9.17, 15) is 4.79 Å². The Morgan fingerprint density at radius 3 is 2.26 bits per heavy atom. The number of benzene rings is 1. The number of ether oxygens (including phenoxy) is 1. The molecule has 4 nitrogen and oxygen atoms in total. The highest BCUT2D eigenvalue weighted by molar-refractivity contribution is 5.94. The fourth-order valence-electron chi connectivity index (χ4n) is 3.55. The number of nitrogens with zero attached hydrogens (tertiary/aromatic N) is 2. The summed E-state index contributed by atoms with van der Waals surface area (Å²) in [5.41, 5.74) is 1.94. The molecule has 0 spiro atoms. The number of likely N-dealkylation sites (tertiary alicyclic amines) is 2. The van der Waals surface area contributed by atoms with Crippen LogP contribution in [0.5, 0.6) is 0 Å². The monoisotopic (exact) mass is 316 g/mol. The Morgan fingerprint density at radius 2 is 1.65 bits per heavy atom. The van der Waals surface area contributed by atoms with Gasteiger partial charge in [0.25, 0.3) is 5.91 Å². The van der Waals surface area contributed by atoms with Crippen LogP contribution in [0.15, 0.2) is 24.3 Å². The third kappa shape index (κ3) is 4.33. The van der Waals surface area contributed by atoms with Gasteiger partial charge in [-0.2, -0.15) is 0 Å². The summed E-state index contributed by atoms with van der Waals surface area (Å²) >= 11 is 0. The van der Waals surface area contributed by atoms with Crippen molar-refractivity contribution in [2.45, 2.75) is 44.8 Å². The van der Waals surface area contributed by atoms with E-state index in [2.05, 4.69) is 11.9 Å². The summed E-state index contributed by atoms with van der Waals surface area (Å²) in [7, 11) is 2.17. The minimum atomic E-state index is 0.159. The van der Waals surface area contributed by atoms with Crippen LogP contribution in [-0.2, 0) is 4.74 Å². The van der Waals surface area contributed by atoms with Crippen molar-refractivity contribution in [1.29, 1.82) is 0 Å². The zero-order valence-electron chi connectivity index (χ0n) is 14.3. The number of hydrogen-bond donors (Lipinski definition) is 0. The molecular weight excluding hydrogens is 288 g/mol. The number of piperidine rings is 2. The van der Waals surface area contributed by atoms with Crippen LogP contribution in [0.4, 0.5) is 0 Å². The van der Waals surface area contributed by atoms with Crippen LogP contribution < -0.4 is 0 Å². The van der Waals surface area contributed by atoms with Gasteiger partial charge in [0.05, 0.1) is 12.2 Å². The summed E-state index contributed by atoms with van der Waals surface area (Å²) in [6.45, 7) is 5.91. The van der Waals surface area contributed by atoms with Crippen molar-refractivity contribution in [1.82, 2.24) is 9.80 Å². The van der Waals surface area contributed by atoms with E-state index in [1.807, 2.05) is 36.1 Å². The van der Waals surface area contributed by atoms with E-state index in [1.165, 1.54) is 0 Å². The fraction of sp³-hybridized carbons (Fsp3) is 0.632. The molecule has 126 valence electrons. The standard InChI is InChI=1S/C19H28N2O2/c1-15-4-3-5-16(14-15)19(22)21-12-8-18(9-13-21)23-17-6-10-20(2)11-7-17/h3-5,14,17-18H,6-13H2,1-2H3. The number of aryl methyl sites for hydroxylation is 1. The summed E-state index contributed by atoms with van der Waals surface area (Å²) < 4.78 is 6.27. The minimum absolute atomic E-state index is 0.159. The Morgan fingerprint density at radius 1 is 1.04 bits per heavy atom. The minimum Gasteiger partial charge on any atom is -0.375 e. The Labute approximate surface area is 139 Å². The molecule has 2 aliphatic heterocycles. The molecule has 0 saturated carbocycles. The van der Waals surface area contributed by atoms with Gasteiger partial charge >= 0.3 is 0 Å². The van der Waals surface area contributed by atoms with E-state index < -0.39 is 0 Å². The molecule has 1 amide bonds. The smallest absolute Gasteiger partial charge is 0.253 e. The van der Waals surface area contributed by atoms with E-state index in [4.69, 9.17) is 4.74 Å².